The van der Waals surface area contributed by atoms with Crippen molar-refractivity contribution in [3.63, 3.8) is 0 Å². The highest BCUT2D eigenvalue weighted by Crippen LogP contribution is 2.28. The zero-order valence-corrected chi connectivity index (χ0v) is 11.1. The Morgan fingerprint density at radius 2 is 2.39 bits per heavy atom. The van der Waals surface area contributed by atoms with E-state index in [1.54, 1.807) is 0 Å². The molecule has 6 heteroatoms. The molecule has 0 aromatic carbocycles. The number of nitrogens with one attached hydrogen (secondary N) is 1. The first kappa shape index (κ1) is 13.0. The minimum atomic E-state index is -0.177. The molecule has 1 N–H and O–H groups in total. The minimum Gasteiger partial charge on any atom is -0.343 e. The normalized spacial score (nSPS) is 24.1. The molecule has 2 heterocycles. The van der Waals surface area contributed by atoms with Gasteiger partial charge in [-0.25, -0.2) is 0 Å². The van der Waals surface area contributed by atoms with Crippen molar-refractivity contribution < 1.29 is 9.32 Å². The van der Waals surface area contributed by atoms with Crippen LogP contribution in [0.25, 0.3) is 0 Å². The first-order chi connectivity index (χ1) is 8.54. The van der Waals surface area contributed by atoms with Crippen molar-refractivity contribution in [1.82, 2.24) is 20.4 Å². The second-order valence-corrected chi connectivity index (χ2v) is 5.32. The number of amides is 1. The fourth-order valence-corrected chi connectivity index (χ4v) is 2.45. The molecule has 1 aromatic rings. The summed E-state index contributed by atoms with van der Waals surface area (Å²) in [7, 11) is 1.83. The lowest BCUT2D eigenvalue weighted by Crippen LogP contribution is -2.51. The van der Waals surface area contributed by atoms with Crippen LogP contribution >= 0.6 is 0 Å². The lowest BCUT2D eigenvalue weighted by Gasteiger charge is -2.37. The monoisotopic (exact) mass is 252 g/mol. The van der Waals surface area contributed by atoms with E-state index in [0.717, 1.165) is 19.3 Å². The number of aromatic nitrogens is 2. The van der Waals surface area contributed by atoms with Crippen LogP contribution in [0, 0.1) is 0 Å². The van der Waals surface area contributed by atoms with Gasteiger partial charge in [0.2, 0.25) is 12.3 Å². The van der Waals surface area contributed by atoms with Gasteiger partial charge < -0.3 is 14.7 Å². The molecular weight excluding hydrogens is 232 g/mol. The summed E-state index contributed by atoms with van der Waals surface area (Å²) in [6.07, 6.45) is 4.18. The zero-order chi connectivity index (χ0) is 13.2. The fraction of sp³-hybridized carbons (Fsp3) is 0.750. The Bertz CT molecular complexity index is 402. The van der Waals surface area contributed by atoms with Gasteiger partial charge in [0.25, 0.3) is 0 Å². The highest BCUT2D eigenvalue weighted by molar-refractivity contribution is 5.82. The molecule has 100 valence electrons. The number of carbonyl (C=O) groups excluding carboxylic acids is 1. The van der Waals surface area contributed by atoms with E-state index < -0.39 is 0 Å². The van der Waals surface area contributed by atoms with Crippen LogP contribution in [-0.4, -0.2) is 39.6 Å². The molecule has 0 aliphatic carbocycles. The summed E-state index contributed by atoms with van der Waals surface area (Å²) in [4.78, 5) is 18.3. The van der Waals surface area contributed by atoms with Crippen LogP contribution in [-0.2, 0) is 11.3 Å². The maximum Gasteiger partial charge on any atom is 0.240 e. The third-order valence-electron chi connectivity index (χ3n) is 3.63. The third kappa shape index (κ3) is 2.53. The summed E-state index contributed by atoms with van der Waals surface area (Å²) in [5.74, 6) is 0.665. The van der Waals surface area contributed by atoms with Crippen molar-refractivity contribution in [2.75, 3.05) is 7.05 Å². The van der Waals surface area contributed by atoms with Gasteiger partial charge in [-0.3, -0.25) is 4.79 Å². The molecule has 1 aliphatic rings. The summed E-state index contributed by atoms with van der Waals surface area (Å²) in [5.41, 5.74) is -0.177. The quantitative estimate of drug-likeness (QED) is 0.867. The molecule has 0 spiro atoms. The van der Waals surface area contributed by atoms with Crippen molar-refractivity contribution in [2.24, 2.45) is 0 Å². The van der Waals surface area contributed by atoms with Crippen molar-refractivity contribution in [3.8, 4) is 0 Å². The van der Waals surface area contributed by atoms with Crippen LogP contribution in [0.1, 0.15) is 38.9 Å². The molecule has 1 amide bonds. The molecule has 2 rings (SSSR count). The summed E-state index contributed by atoms with van der Waals surface area (Å²) < 4.78 is 4.73. The van der Waals surface area contributed by atoms with Crippen LogP contribution in [0.15, 0.2) is 10.9 Å². The smallest absolute Gasteiger partial charge is 0.240 e. The predicted molar refractivity (Wildman–Crippen MR) is 65.6 cm³/mol. The molecule has 6 nitrogen and oxygen atoms in total. The van der Waals surface area contributed by atoms with Gasteiger partial charge in [-0.2, -0.15) is 4.98 Å². The van der Waals surface area contributed by atoms with Crippen LogP contribution in [0.2, 0.25) is 0 Å². The van der Waals surface area contributed by atoms with Crippen molar-refractivity contribution in [2.45, 2.75) is 51.2 Å². The van der Waals surface area contributed by atoms with Crippen LogP contribution < -0.4 is 5.32 Å². The standard InChI is InChI=1S/C12H20N4O2/c1-12(2)6-4-5-9(13-3)11(17)16(12)7-10-14-8-18-15-10/h8-9,13H,4-7H2,1-3H3. The Labute approximate surface area is 107 Å². The maximum absolute atomic E-state index is 12.5. The Kier molecular flexibility index (Phi) is 3.65. The van der Waals surface area contributed by atoms with Crippen LogP contribution in [0.3, 0.4) is 0 Å². The average Bonchev–Trinajstić information content (AvgIpc) is 2.80. The van der Waals surface area contributed by atoms with Gasteiger partial charge in [0.05, 0.1) is 12.6 Å². The summed E-state index contributed by atoms with van der Waals surface area (Å²) in [6, 6.07) is -0.112. The first-order valence-electron chi connectivity index (χ1n) is 6.28. The molecule has 18 heavy (non-hydrogen) atoms. The van der Waals surface area contributed by atoms with E-state index in [2.05, 4.69) is 29.3 Å². The van der Waals surface area contributed by atoms with Crippen LogP contribution in [0.5, 0.6) is 0 Å². The SMILES string of the molecule is CNC1CCCC(C)(C)N(Cc2ncon2)C1=O. The van der Waals surface area contributed by atoms with Gasteiger partial charge in [-0.1, -0.05) is 5.16 Å². The topological polar surface area (TPSA) is 71.3 Å². The lowest BCUT2D eigenvalue weighted by atomic mass is 9.97. The van der Waals surface area contributed by atoms with E-state index in [0.29, 0.717) is 12.4 Å². The number of likely N-dealkylation sites (N-methyl/N-ethyl adjacent to an activating group) is 1. The summed E-state index contributed by atoms with van der Waals surface area (Å²) >= 11 is 0. The second-order valence-electron chi connectivity index (χ2n) is 5.32. The predicted octanol–water partition coefficient (Wildman–Crippen LogP) is 0.949. The van der Waals surface area contributed by atoms with Gasteiger partial charge >= 0.3 is 0 Å². The van der Waals surface area contributed by atoms with Crippen LogP contribution in [0.4, 0.5) is 0 Å². The Morgan fingerprint density at radius 3 is 3.00 bits per heavy atom. The number of carbonyl (C=O) groups is 1. The molecule has 1 fully saturated rings. The fourth-order valence-electron chi connectivity index (χ4n) is 2.45. The molecule has 1 unspecified atom stereocenters. The molecule has 1 saturated heterocycles. The lowest BCUT2D eigenvalue weighted by molar-refractivity contribution is -0.138. The van der Waals surface area contributed by atoms with Gasteiger partial charge in [-0.05, 0) is 40.2 Å². The molecular formula is C12H20N4O2. The number of hydrogen-bond acceptors (Lipinski definition) is 5. The molecule has 1 aliphatic heterocycles. The number of nitrogens with zero attached hydrogens (tertiary/aromatic N) is 3. The van der Waals surface area contributed by atoms with Gasteiger partial charge in [-0.15, -0.1) is 0 Å². The van der Waals surface area contributed by atoms with E-state index >= 15 is 0 Å². The largest absolute Gasteiger partial charge is 0.343 e. The summed E-state index contributed by atoms with van der Waals surface area (Å²) in [6.45, 7) is 4.58. The minimum absolute atomic E-state index is 0.112. The second kappa shape index (κ2) is 5.06. The summed E-state index contributed by atoms with van der Waals surface area (Å²) in [5, 5.41) is 6.88. The van der Waals surface area contributed by atoms with Gasteiger partial charge in [0.15, 0.2) is 5.82 Å². The van der Waals surface area contributed by atoms with Crippen molar-refractivity contribution in [3.05, 3.63) is 12.2 Å². The molecule has 0 saturated carbocycles. The molecule has 0 radical (unpaired) electrons. The Hall–Kier alpha value is -1.43. The van der Waals surface area contributed by atoms with Gasteiger partial charge in [0, 0.05) is 5.54 Å². The zero-order valence-electron chi connectivity index (χ0n) is 11.1. The van der Waals surface area contributed by atoms with E-state index in [1.165, 1.54) is 6.39 Å². The highest BCUT2D eigenvalue weighted by Gasteiger charge is 2.37. The van der Waals surface area contributed by atoms with E-state index in [1.807, 2.05) is 11.9 Å². The number of rotatable bonds is 3. The van der Waals surface area contributed by atoms with Gasteiger partial charge in [0.1, 0.15) is 0 Å². The first-order valence-corrected chi connectivity index (χ1v) is 6.28. The Morgan fingerprint density at radius 1 is 1.61 bits per heavy atom. The number of likely N-dealkylation sites (tertiary alicyclic amines) is 1. The van der Waals surface area contributed by atoms with E-state index in [4.69, 9.17) is 4.52 Å². The van der Waals surface area contributed by atoms with Crippen molar-refractivity contribution >= 4 is 5.91 Å². The molecule has 1 aromatic heterocycles. The molecule has 0 bridgehead atoms. The van der Waals surface area contributed by atoms with Crippen molar-refractivity contribution in [1.29, 1.82) is 0 Å². The third-order valence-corrected chi connectivity index (χ3v) is 3.63. The maximum atomic E-state index is 12.5. The van der Waals surface area contributed by atoms with E-state index in [9.17, 15) is 4.79 Å². The molecule has 1 atom stereocenters. The average molecular weight is 252 g/mol. The number of hydrogen-bond donors (Lipinski definition) is 1. The van der Waals surface area contributed by atoms with E-state index in [-0.39, 0.29) is 17.5 Å². The Balaban J connectivity index is 2.22. The highest BCUT2D eigenvalue weighted by atomic mass is 16.5.